The zero-order valence-corrected chi connectivity index (χ0v) is 11.4. The number of carbonyl (C=O) groups is 3. The van der Waals surface area contributed by atoms with Crippen molar-refractivity contribution in [2.24, 2.45) is 0 Å². The Labute approximate surface area is 129 Å². The highest BCUT2D eigenvalue weighted by Gasteiger charge is 2.34. The molecule has 2 heterocycles. The zero-order valence-electron chi connectivity index (χ0n) is 11.4. The Hall–Kier alpha value is -3.19. The Kier molecular flexibility index (Phi) is 2.73. The normalized spacial score (nSPS) is 18.3. The van der Waals surface area contributed by atoms with Gasteiger partial charge in [-0.05, 0) is 30.3 Å². The van der Waals surface area contributed by atoms with Crippen molar-refractivity contribution in [1.82, 2.24) is 0 Å². The summed E-state index contributed by atoms with van der Waals surface area (Å²) in [4.78, 5) is 34.9. The lowest BCUT2D eigenvalue weighted by Gasteiger charge is -2.08. The molecule has 0 amide bonds. The quantitative estimate of drug-likeness (QED) is 0.668. The van der Waals surface area contributed by atoms with Crippen LogP contribution in [0.5, 0.6) is 11.5 Å². The molecule has 23 heavy (non-hydrogen) atoms. The molecule has 114 valence electrons. The molecule has 1 N–H and O–H groups in total. The second kappa shape index (κ2) is 4.65. The highest BCUT2D eigenvalue weighted by molar-refractivity contribution is 6.16. The molecule has 7 nitrogen and oxygen atoms in total. The fourth-order valence-corrected chi connectivity index (χ4v) is 2.53. The van der Waals surface area contributed by atoms with E-state index >= 15 is 0 Å². The number of rotatable bonds is 2. The molecular formula is C16H8O7. The largest absolute Gasteiger partial charge is 0.456 e. The van der Waals surface area contributed by atoms with Crippen molar-refractivity contribution in [2.75, 3.05) is 0 Å². The molecule has 0 aliphatic carbocycles. The van der Waals surface area contributed by atoms with Crippen LogP contribution in [0.4, 0.5) is 0 Å². The van der Waals surface area contributed by atoms with E-state index in [4.69, 9.17) is 4.74 Å². The van der Waals surface area contributed by atoms with Gasteiger partial charge in [0.25, 0.3) is 0 Å². The van der Waals surface area contributed by atoms with Gasteiger partial charge < -0.3 is 19.3 Å². The lowest BCUT2D eigenvalue weighted by Crippen LogP contribution is -1.99. The lowest BCUT2D eigenvalue weighted by atomic mass is 10.1. The summed E-state index contributed by atoms with van der Waals surface area (Å²) in [6.45, 7) is 0. The number of aliphatic hydroxyl groups is 1. The van der Waals surface area contributed by atoms with Crippen molar-refractivity contribution in [3.8, 4) is 11.5 Å². The monoisotopic (exact) mass is 312 g/mol. The number of cyclic esters (lactones) is 3. The summed E-state index contributed by atoms with van der Waals surface area (Å²) in [6.07, 6.45) is -1.29. The number of ether oxygens (including phenoxy) is 3. The van der Waals surface area contributed by atoms with Crippen LogP contribution in [0.15, 0.2) is 36.4 Å². The summed E-state index contributed by atoms with van der Waals surface area (Å²) in [5.74, 6) is -1.76. The number of fused-ring (bicyclic) bond motifs is 2. The van der Waals surface area contributed by atoms with E-state index in [0.717, 1.165) is 0 Å². The number of esters is 3. The fraction of sp³-hybridized carbons (Fsp3) is 0.0625. The van der Waals surface area contributed by atoms with Crippen molar-refractivity contribution in [1.29, 1.82) is 0 Å². The average molecular weight is 312 g/mol. The van der Waals surface area contributed by atoms with E-state index in [-0.39, 0.29) is 28.2 Å². The van der Waals surface area contributed by atoms with Crippen LogP contribution in [0.3, 0.4) is 0 Å². The average Bonchev–Trinajstić information content (AvgIpc) is 2.97. The SMILES string of the molecule is O=C1OC(O)c2ccc(Oc3cccc4c3C(=O)OC4=O)cc21. The van der Waals surface area contributed by atoms with Gasteiger partial charge in [0.05, 0.1) is 11.1 Å². The molecule has 0 saturated heterocycles. The van der Waals surface area contributed by atoms with Crippen LogP contribution < -0.4 is 4.74 Å². The summed E-state index contributed by atoms with van der Waals surface area (Å²) in [5, 5.41) is 9.54. The molecule has 2 aromatic rings. The summed E-state index contributed by atoms with van der Waals surface area (Å²) in [7, 11) is 0. The Balaban J connectivity index is 1.74. The molecule has 1 unspecified atom stereocenters. The maximum atomic E-state index is 11.7. The zero-order chi connectivity index (χ0) is 16.1. The van der Waals surface area contributed by atoms with Crippen LogP contribution in [-0.4, -0.2) is 23.0 Å². The van der Waals surface area contributed by atoms with Gasteiger partial charge in [-0.3, -0.25) is 0 Å². The van der Waals surface area contributed by atoms with Crippen LogP contribution in [0.2, 0.25) is 0 Å². The van der Waals surface area contributed by atoms with E-state index in [0.29, 0.717) is 5.56 Å². The first kappa shape index (κ1) is 13.5. The van der Waals surface area contributed by atoms with E-state index < -0.39 is 24.2 Å². The smallest absolute Gasteiger partial charge is 0.350 e. The van der Waals surface area contributed by atoms with Crippen LogP contribution in [0, 0.1) is 0 Å². The Morgan fingerprint density at radius 1 is 0.957 bits per heavy atom. The Morgan fingerprint density at radius 2 is 1.78 bits per heavy atom. The summed E-state index contributed by atoms with van der Waals surface area (Å²) >= 11 is 0. The first-order valence-electron chi connectivity index (χ1n) is 6.65. The molecule has 4 rings (SSSR count). The molecule has 0 aromatic heterocycles. The second-order valence-corrected chi connectivity index (χ2v) is 4.96. The van der Waals surface area contributed by atoms with Gasteiger partial charge in [-0.1, -0.05) is 6.07 Å². The molecule has 0 fully saturated rings. The summed E-state index contributed by atoms with van der Waals surface area (Å²) in [5.41, 5.74) is 0.695. The van der Waals surface area contributed by atoms with E-state index in [1.54, 1.807) is 6.07 Å². The van der Waals surface area contributed by atoms with Gasteiger partial charge in [-0.15, -0.1) is 0 Å². The van der Waals surface area contributed by atoms with Gasteiger partial charge in [0.15, 0.2) is 0 Å². The van der Waals surface area contributed by atoms with Crippen molar-refractivity contribution in [2.45, 2.75) is 6.29 Å². The summed E-state index contributed by atoms with van der Waals surface area (Å²) in [6, 6.07) is 8.94. The molecule has 0 radical (unpaired) electrons. The third-order valence-electron chi connectivity index (χ3n) is 3.59. The van der Waals surface area contributed by atoms with Crippen molar-refractivity contribution < 1.29 is 33.7 Å². The van der Waals surface area contributed by atoms with Crippen molar-refractivity contribution in [3.05, 3.63) is 58.7 Å². The number of hydrogen-bond donors (Lipinski definition) is 1. The van der Waals surface area contributed by atoms with Gasteiger partial charge in [0.1, 0.15) is 17.1 Å². The number of hydrogen-bond acceptors (Lipinski definition) is 7. The van der Waals surface area contributed by atoms with Gasteiger partial charge in [-0.2, -0.15) is 0 Å². The molecule has 0 saturated carbocycles. The van der Waals surface area contributed by atoms with Crippen molar-refractivity contribution in [3.63, 3.8) is 0 Å². The fourth-order valence-electron chi connectivity index (χ4n) is 2.53. The predicted molar refractivity (Wildman–Crippen MR) is 73.1 cm³/mol. The molecule has 0 spiro atoms. The standard InChI is InChI=1S/C16H8O7/c17-13-8-5-4-7(6-10(8)15(19)22-13)21-11-3-1-2-9-12(11)16(20)23-14(9)18/h1-6,13,17H. The minimum atomic E-state index is -1.29. The highest BCUT2D eigenvalue weighted by atomic mass is 16.6. The van der Waals surface area contributed by atoms with E-state index in [1.165, 1.54) is 30.3 Å². The number of aliphatic hydroxyl groups excluding tert-OH is 1. The van der Waals surface area contributed by atoms with Gasteiger partial charge in [0.2, 0.25) is 6.29 Å². The molecule has 0 bridgehead atoms. The maximum Gasteiger partial charge on any atom is 0.350 e. The van der Waals surface area contributed by atoms with E-state index in [9.17, 15) is 19.5 Å². The van der Waals surface area contributed by atoms with Gasteiger partial charge in [0, 0.05) is 5.56 Å². The number of benzene rings is 2. The first-order valence-corrected chi connectivity index (χ1v) is 6.65. The number of carbonyl (C=O) groups excluding carboxylic acids is 3. The molecule has 2 aliphatic heterocycles. The predicted octanol–water partition coefficient (Wildman–Crippen LogP) is 1.95. The second-order valence-electron chi connectivity index (χ2n) is 4.96. The Morgan fingerprint density at radius 3 is 2.61 bits per heavy atom. The highest BCUT2D eigenvalue weighted by Crippen LogP contribution is 2.35. The minimum Gasteiger partial charge on any atom is -0.456 e. The van der Waals surface area contributed by atoms with Crippen LogP contribution in [0.25, 0.3) is 0 Å². The van der Waals surface area contributed by atoms with E-state index in [1.807, 2.05) is 0 Å². The molecule has 2 aromatic carbocycles. The third-order valence-corrected chi connectivity index (χ3v) is 3.59. The summed E-state index contributed by atoms with van der Waals surface area (Å²) < 4.78 is 14.8. The van der Waals surface area contributed by atoms with Crippen molar-refractivity contribution >= 4 is 17.9 Å². The third kappa shape index (κ3) is 1.98. The van der Waals surface area contributed by atoms with Crippen LogP contribution >= 0.6 is 0 Å². The van der Waals surface area contributed by atoms with Crippen LogP contribution in [-0.2, 0) is 9.47 Å². The maximum absolute atomic E-state index is 11.7. The van der Waals surface area contributed by atoms with Gasteiger partial charge in [-0.25, -0.2) is 14.4 Å². The van der Waals surface area contributed by atoms with E-state index in [2.05, 4.69) is 9.47 Å². The Bertz CT molecular complexity index is 884. The molecule has 2 aliphatic rings. The van der Waals surface area contributed by atoms with Crippen LogP contribution in [0.1, 0.15) is 42.9 Å². The molecule has 7 heteroatoms. The van der Waals surface area contributed by atoms with Gasteiger partial charge >= 0.3 is 17.9 Å². The molecular weight excluding hydrogens is 304 g/mol. The topological polar surface area (TPSA) is 99.1 Å². The molecule has 1 atom stereocenters. The lowest BCUT2D eigenvalue weighted by molar-refractivity contribution is -0.0547. The first-order chi connectivity index (χ1) is 11.0. The minimum absolute atomic E-state index is 0.0422.